The molecule has 0 heterocycles. The molecule has 3 heteroatoms. The van der Waals surface area contributed by atoms with E-state index >= 15 is 0 Å². The molecule has 0 aromatic heterocycles. The van der Waals surface area contributed by atoms with E-state index < -0.39 is 6.10 Å². The molecular formula is C22H17BrO2. The molecule has 0 spiro atoms. The van der Waals surface area contributed by atoms with Gasteiger partial charge in [0.15, 0.2) is 6.10 Å². The third-order valence-corrected chi connectivity index (χ3v) is 4.25. The second-order valence-corrected chi connectivity index (χ2v) is 6.44. The molecule has 0 unspecified atom stereocenters. The monoisotopic (exact) mass is 392 g/mol. The second kappa shape index (κ2) is 8.45. The predicted molar refractivity (Wildman–Crippen MR) is 104 cm³/mol. The zero-order valence-corrected chi connectivity index (χ0v) is 15.1. The number of ether oxygens (including phenoxy) is 1. The lowest BCUT2D eigenvalue weighted by Crippen LogP contribution is -2.10. The maximum atomic E-state index is 12.3. The van der Waals surface area contributed by atoms with Crippen molar-refractivity contribution in [2.24, 2.45) is 0 Å². The van der Waals surface area contributed by atoms with Gasteiger partial charge in [0.25, 0.3) is 0 Å². The van der Waals surface area contributed by atoms with Crippen LogP contribution in [0.2, 0.25) is 0 Å². The Morgan fingerprint density at radius 1 is 0.800 bits per heavy atom. The fraction of sp³-hybridized carbons (Fsp3) is 0.0455. The molecule has 0 radical (unpaired) electrons. The van der Waals surface area contributed by atoms with Crippen LogP contribution in [0.4, 0.5) is 0 Å². The van der Waals surface area contributed by atoms with Gasteiger partial charge in [-0.1, -0.05) is 88.7 Å². The number of esters is 1. The van der Waals surface area contributed by atoms with E-state index in [9.17, 15) is 4.79 Å². The summed E-state index contributed by atoms with van der Waals surface area (Å²) in [6.45, 7) is 0. The van der Waals surface area contributed by atoms with Gasteiger partial charge in [-0.25, -0.2) is 4.79 Å². The first-order valence-electron chi connectivity index (χ1n) is 7.96. The minimum Gasteiger partial charge on any atom is -0.449 e. The first-order valence-corrected chi connectivity index (χ1v) is 8.76. The van der Waals surface area contributed by atoms with Crippen molar-refractivity contribution in [3.63, 3.8) is 0 Å². The van der Waals surface area contributed by atoms with Gasteiger partial charge in [-0.2, -0.15) is 0 Å². The zero-order valence-electron chi connectivity index (χ0n) is 13.5. The van der Waals surface area contributed by atoms with E-state index in [1.165, 1.54) is 6.08 Å². The van der Waals surface area contributed by atoms with Crippen LogP contribution in [0.3, 0.4) is 0 Å². The van der Waals surface area contributed by atoms with Crippen LogP contribution in [0.5, 0.6) is 0 Å². The van der Waals surface area contributed by atoms with Crippen molar-refractivity contribution in [1.82, 2.24) is 0 Å². The lowest BCUT2D eigenvalue weighted by atomic mass is 10.0. The third kappa shape index (κ3) is 4.91. The van der Waals surface area contributed by atoms with Gasteiger partial charge in [-0.15, -0.1) is 0 Å². The van der Waals surface area contributed by atoms with Gasteiger partial charge in [-0.3, -0.25) is 0 Å². The van der Waals surface area contributed by atoms with Crippen molar-refractivity contribution in [2.45, 2.75) is 6.10 Å². The molecular weight excluding hydrogens is 376 g/mol. The zero-order chi connectivity index (χ0) is 17.5. The van der Waals surface area contributed by atoms with Gasteiger partial charge in [0.2, 0.25) is 0 Å². The summed E-state index contributed by atoms with van der Waals surface area (Å²) < 4.78 is 6.73. The van der Waals surface area contributed by atoms with Gasteiger partial charge in [0.05, 0.1) is 0 Å². The van der Waals surface area contributed by atoms with Crippen molar-refractivity contribution >= 4 is 28.0 Å². The van der Waals surface area contributed by atoms with Crippen molar-refractivity contribution in [2.75, 3.05) is 0 Å². The standard InChI is InChI=1S/C22H17BrO2/c23-20-14-12-19(13-15-20)22(18-9-5-2-6-10-18)25-21(24)16-11-17-7-3-1-4-8-17/h1-16,22H/b16-11+/t22-/m1/s1. The molecule has 0 bridgehead atoms. The Labute approximate surface area is 155 Å². The summed E-state index contributed by atoms with van der Waals surface area (Å²) in [6, 6.07) is 27.2. The number of carbonyl (C=O) groups excluding carboxylic acids is 1. The first kappa shape index (κ1) is 17.2. The Morgan fingerprint density at radius 2 is 1.36 bits per heavy atom. The summed E-state index contributed by atoms with van der Waals surface area (Å²) in [7, 11) is 0. The van der Waals surface area contributed by atoms with Crippen molar-refractivity contribution < 1.29 is 9.53 Å². The maximum Gasteiger partial charge on any atom is 0.331 e. The van der Waals surface area contributed by atoms with Crippen molar-refractivity contribution in [3.05, 3.63) is 112 Å². The Balaban J connectivity index is 1.81. The Bertz CT molecular complexity index is 840. The van der Waals surface area contributed by atoms with Gasteiger partial charge in [0.1, 0.15) is 0 Å². The molecule has 0 aliphatic heterocycles. The highest BCUT2D eigenvalue weighted by Gasteiger charge is 2.17. The smallest absolute Gasteiger partial charge is 0.331 e. The van der Waals surface area contributed by atoms with E-state index in [0.29, 0.717) is 0 Å². The predicted octanol–water partition coefficient (Wildman–Crippen LogP) is 5.80. The number of benzene rings is 3. The number of hydrogen-bond donors (Lipinski definition) is 0. The van der Waals surface area contributed by atoms with E-state index in [1.54, 1.807) is 6.08 Å². The molecule has 3 rings (SSSR count). The van der Waals surface area contributed by atoms with E-state index in [-0.39, 0.29) is 5.97 Å². The minimum absolute atomic E-state index is 0.374. The van der Waals surface area contributed by atoms with Crippen LogP contribution in [0.1, 0.15) is 22.8 Å². The molecule has 3 aromatic rings. The molecule has 0 N–H and O–H groups in total. The lowest BCUT2D eigenvalue weighted by Gasteiger charge is -2.18. The molecule has 1 atom stereocenters. The number of hydrogen-bond acceptors (Lipinski definition) is 2. The highest BCUT2D eigenvalue weighted by molar-refractivity contribution is 9.10. The highest BCUT2D eigenvalue weighted by atomic mass is 79.9. The lowest BCUT2D eigenvalue weighted by molar-refractivity contribution is -0.141. The highest BCUT2D eigenvalue weighted by Crippen LogP contribution is 2.27. The number of carbonyl (C=O) groups is 1. The summed E-state index contributed by atoms with van der Waals surface area (Å²) >= 11 is 3.43. The summed E-state index contributed by atoms with van der Waals surface area (Å²) in [5.41, 5.74) is 2.82. The van der Waals surface area contributed by atoms with Crippen LogP contribution in [0.15, 0.2) is 95.5 Å². The van der Waals surface area contributed by atoms with Crippen LogP contribution < -0.4 is 0 Å². The van der Waals surface area contributed by atoms with Crippen LogP contribution in [0.25, 0.3) is 6.08 Å². The number of halogens is 1. The third-order valence-electron chi connectivity index (χ3n) is 3.72. The topological polar surface area (TPSA) is 26.3 Å². The van der Waals surface area contributed by atoms with E-state index in [4.69, 9.17) is 4.74 Å². The Kier molecular flexibility index (Phi) is 5.81. The quantitative estimate of drug-likeness (QED) is 0.405. The molecule has 124 valence electrons. The molecule has 0 aliphatic carbocycles. The SMILES string of the molecule is O=C(/C=C/c1ccccc1)O[C@H](c1ccccc1)c1ccc(Br)cc1. The maximum absolute atomic E-state index is 12.3. The average Bonchev–Trinajstić information content (AvgIpc) is 2.67. The largest absolute Gasteiger partial charge is 0.449 e. The molecule has 0 fully saturated rings. The van der Waals surface area contributed by atoms with E-state index in [0.717, 1.165) is 21.2 Å². The fourth-order valence-electron chi connectivity index (χ4n) is 2.48. The average molecular weight is 393 g/mol. The second-order valence-electron chi connectivity index (χ2n) is 5.52. The minimum atomic E-state index is -0.442. The summed E-state index contributed by atoms with van der Waals surface area (Å²) in [5, 5.41) is 0. The van der Waals surface area contributed by atoms with Gasteiger partial charge < -0.3 is 4.74 Å². The molecule has 0 saturated heterocycles. The molecule has 0 saturated carbocycles. The van der Waals surface area contributed by atoms with E-state index in [1.807, 2.05) is 84.9 Å². The Morgan fingerprint density at radius 3 is 2.00 bits per heavy atom. The van der Waals surface area contributed by atoms with Crippen LogP contribution >= 0.6 is 15.9 Å². The molecule has 2 nitrogen and oxygen atoms in total. The van der Waals surface area contributed by atoms with Crippen molar-refractivity contribution in [1.29, 1.82) is 0 Å². The molecule has 0 aliphatic rings. The number of rotatable bonds is 5. The molecule has 0 amide bonds. The molecule has 25 heavy (non-hydrogen) atoms. The van der Waals surface area contributed by atoms with Crippen LogP contribution in [0, 0.1) is 0 Å². The van der Waals surface area contributed by atoms with Crippen molar-refractivity contribution in [3.8, 4) is 0 Å². The Hall–Kier alpha value is -2.65. The molecule has 3 aromatic carbocycles. The van der Waals surface area contributed by atoms with Gasteiger partial charge in [0, 0.05) is 10.5 Å². The fourth-order valence-corrected chi connectivity index (χ4v) is 2.74. The first-order chi connectivity index (χ1) is 12.2. The summed E-state index contributed by atoms with van der Waals surface area (Å²) in [6.07, 6.45) is 2.78. The van der Waals surface area contributed by atoms with E-state index in [2.05, 4.69) is 15.9 Å². The normalized spacial score (nSPS) is 12.0. The van der Waals surface area contributed by atoms with Crippen LogP contribution in [-0.4, -0.2) is 5.97 Å². The summed E-state index contributed by atoms with van der Waals surface area (Å²) in [4.78, 5) is 12.3. The summed E-state index contributed by atoms with van der Waals surface area (Å²) in [5.74, 6) is -0.374. The van der Waals surface area contributed by atoms with Crippen LogP contribution in [-0.2, 0) is 9.53 Å². The van der Waals surface area contributed by atoms with Gasteiger partial charge >= 0.3 is 5.97 Å². The van der Waals surface area contributed by atoms with Gasteiger partial charge in [-0.05, 0) is 34.9 Å².